The molecule has 0 aliphatic carbocycles. The van der Waals surface area contributed by atoms with Crippen LogP contribution in [0.4, 0.5) is 11.4 Å². The molecule has 0 aliphatic heterocycles. The third-order valence-corrected chi connectivity index (χ3v) is 3.18. The van der Waals surface area contributed by atoms with Crippen LogP contribution in [0.1, 0.15) is 20.7 Å². The van der Waals surface area contributed by atoms with Gasteiger partial charge in [-0.1, -0.05) is 17.7 Å². The average Bonchev–Trinajstić information content (AvgIpc) is 2.48. The lowest BCUT2D eigenvalue weighted by Crippen LogP contribution is -2.18. The van der Waals surface area contributed by atoms with Gasteiger partial charge in [-0.05, 0) is 36.4 Å². The lowest BCUT2D eigenvalue weighted by Gasteiger charge is -2.09. The van der Waals surface area contributed by atoms with Gasteiger partial charge in [0.15, 0.2) is 0 Å². The molecule has 2 amide bonds. The van der Waals surface area contributed by atoms with Gasteiger partial charge in [0.1, 0.15) is 0 Å². The number of anilines is 2. The molecule has 0 radical (unpaired) electrons. The van der Waals surface area contributed by atoms with Gasteiger partial charge in [0.2, 0.25) is 0 Å². The summed E-state index contributed by atoms with van der Waals surface area (Å²) in [6.07, 6.45) is 0. The molecular weight excluding hydrogens is 290 g/mol. The Bertz CT molecular complexity index is 701. The van der Waals surface area contributed by atoms with E-state index in [1.807, 2.05) is 0 Å². The summed E-state index contributed by atoms with van der Waals surface area (Å²) < 4.78 is 0. The number of hydrogen-bond donors (Lipinski definition) is 3. The van der Waals surface area contributed by atoms with Crippen LogP contribution < -0.4 is 16.4 Å². The Morgan fingerprint density at radius 3 is 2.43 bits per heavy atom. The van der Waals surface area contributed by atoms with E-state index in [0.717, 1.165) is 0 Å². The van der Waals surface area contributed by atoms with Gasteiger partial charge in [-0.2, -0.15) is 0 Å². The zero-order valence-corrected chi connectivity index (χ0v) is 12.1. The molecular formula is C15H14ClN3O2. The number of nitrogens with two attached hydrogens (primary N) is 1. The van der Waals surface area contributed by atoms with E-state index in [2.05, 4.69) is 10.6 Å². The van der Waals surface area contributed by atoms with Gasteiger partial charge in [0.25, 0.3) is 11.8 Å². The van der Waals surface area contributed by atoms with Crippen molar-refractivity contribution in [1.82, 2.24) is 5.32 Å². The highest BCUT2D eigenvalue weighted by Crippen LogP contribution is 2.24. The molecule has 0 atom stereocenters. The number of nitrogen functional groups attached to an aromatic ring is 1. The summed E-state index contributed by atoms with van der Waals surface area (Å²) in [7, 11) is 1.53. The molecule has 0 unspecified atom stereocenters. The fraction of sp³-hybridized carbons (Fsp3) is 0.0667. The van der Waals surface area contributed by atoms with E-state index in [4.69, 9.17) is 17.3 Å². The molecule has 2 aromatic carbocycles. The van der Waals surface area contributed by atoms with Crippen molar-refractivity contribution in [3.05, 3.63) is 58.6 Å². The Morgan fingerprint density at radius 1 is 1.05 bits per heavy atom. The molecule has 4 N–H and O–H groups in total. The predicted octanol–water partition coefficient (Wildman–Crippen LogP) is 2.53. The largest absolute Gasteiger partial charge is 0.399 e. The highest BCUT2D eigenvalue weighted by atomic mass is 35.5. The van der Waals surface area contributed by atoms with E-state index in [0.29, 0.717) is 27.5 Å². The zero-order valence-electron chi connectivity index (χ0n) is 11.3. The molecule has 21 heavy (non-hydrogen) atoms. The zero-order chi connectivity index (χ0) is 15.4. The summed E-state index contributed by atoms with van der Waals surface area (Å²) in [4.78, 5) is 23.7. The van der Waals surface area contributed by atoms with Crippen LogP contribution in [0, 0.1) is 0 Å². The Balaban J connectivity index is 2.26. The molecule has 108 valence electrons. The second-order valence-corrected chi connectivity index (χ2v) is 4.76. The second-order valence-electron chi connectivity index (χ2n) is 4.35. The van der Waals surface area contributed by atoms with Gasteiger partial charge in [-0.25, -0.2) is 0 Å². The van der Waals surface area contributed by atoms with E-state index < -0.39 is 0 Å². The quantitative estimate of drug-likeness (QED) is 0.762. The molecule has 0 aliphatic rings. The maximum atomic E-state index is 12.1. The van der Waals surface area contributed by atoms with Crippen molar-refractivity contribution in [1.29, 1.82) is 0 Å². The number of rotatable bonds is 3. The average molecular weight is 304 g/mol. The highest BCUT2D eigenvalue weighted by Gasteiger charge is 2.11. The van der Waals surface area contributed by atoms with E-state index in [-0.39, 0.29) is 11.8 Å². The first-order chi connectivity index (χ1) is 10.0. The monoisotopic (exact) mass is 303 g/mol. The van der Waals surface area contributed by atoms with Crippen molar-refractivity contribution >= 4 is 34.8 Å². The molecule has 5 nitrogen and oxygen atoms in total. The molecule has 2 aromatic rings. The van der Waals surface area contributed by atoms with E-state index >= 15 is 0 Å². The van der Waals surface area contributed by atoms with Crippen LogP contribution in [-0.4, -0.2) is 18.9 Å². The van der Waals surface area contributed by atoms with Crippen LogP contribution in [0.25, 0.3) is 0 Å². The Labute approximate surface area is 127 Å². The molecule has 2 rings (SSSR count). The Morgan fingerprint density at radius 2 is 1.76 bits per heavy atom. The van der Waals surface area contributed by atoms with Crippen LogP contribution in [0.3, 0.4) is 0 Å². The van der Waals surface area contributed by atoms with Gasteiger partial charge in [-0.3, -0.25) is 9.59 Å². The Hall–Kier alpha value is -2.53. The topological polar surface area (TPSA) is 84.2 Å². The van der Waals surface area contributed by atoms with Gasteiger partial charge < -0.3 is 16.4 Å². The van der Waals surface area contributed by atoms with Crippen molar-refractivity contribution in [2.24, 2.45) is 0 Å². The van der Waals surface area contributed by atoms with Gasteiger partial charge in [-0.15, -0.1) is 0 Å². The lowest BCUT2D eigenvalue weighted by molar-refractivity contribution is 0.0961. The van der Waals surface area contributed by atoms with Crippen LogP contribution >= 0.6 is 11.6 Å². The maximum absolute atomic E-state index is 12.1. The second kappa shape index (κ2) is 6.28. The third kappa shape index (κ3) is 3.52. The molecule has 0 saturated carbocycles. The van der Waals surface area contributed by atoms with Crippen LogP contribution in [0.2, 0.25) is 5.02 Å². The summed E-state index contributed by atoms with van der Waals surface area (Å²) >= 11 is 6.04. The summed E-state index contributed by atoms with van der Waals surface area (Å²) in [6.45, 7) is 0. The summed E-state index contributed by atoms with van der Waals surface area (Å²) in [5, 5.41) is 5.52. The van der Waals surface area contributed by atoms with Crippen molar-refractivity contribution in [3.63, 3.8) is 0 Å². The first-order valence-electron chi connectivity index (χ1n) is 6.20. The van der Waals surface area contributed by atoms with E-state index in [1.54, 1.807) is 36.4 Å². The smallest absolute Gasteiger partial charge is 0.255 e. The van der Waals surface area contributed by atoms with Crippen LogP contribution in [0.5, 0.6) is 0 Å². The molecule has 0 spiro atoms. The van der Waals surface area contributed by atoms with E-state index in [1.165, 1.54) is 13.1 Å². The number of amides is 2. The van der Waals surface area contributed by atoms with Gasteiger partial charge in [0, 0.05) is 23.9 Å². The van der Waals surface area contributed by atoms with Crippen molar-refractivity contribution in [3.8, 4) is 0 Å². The summed E-state index contributed by atoms with van der Waals surface area (Å²) in [5.74, 6) is -0.607. The van der Waals surface area contributed by atoms with Crippen molar-refractivity contribution < 1.29 is 9.59 Å². The van der Waals surface area contributed by atoms with Crippen LogP contribution in [-0.2, 0) is 0 Å². The molecule has 0 aromatic heterocycles. The molecule has 0 bridgehead atoms. The summed E-state index contributed by atoms with van der Waals surface area (Å²) in [5.41, 5.74) is 7.32. The maximum Gasteiger partial charge on any atom is 0.255 e. The molecule has 0 saturated heterocycles. The first kappa shape index (κ1) is 14.9. The minimum absolute atomic E-state index is 0.258. The molecule has 0 fully saturated rings. The first-order valence-corrected chi connectivity index (χ1v) is 6.57. The number of benzene rings is 2. The fourth-order valence-corrected chi connectivity index (χ4v) is 1.95. The molecule has 6 heteroatoms. The highest BCUT2D eigenvalue weighted by molar-refractivity contribution is 6.34. The van der Waals surface area contributed by atoms with Gasteiger partial charge in [0.05, 0.1) is 10.7 Å². The number of nitrogens with one attached hydrogen (secondary N) is 2. The SMILES string of the molecule is CNC(=O)c1ccc(Cl)c(NC(=O)c2cccc(N)c2)c1. The van der Waals surface area contributed by atoms with E-state index in [9.17, 15) is 9.59 Å². The molecule has 0 heterocycles. The minimum atomic E-state index is -0.349. The standard InChI is InChI=1S/C15H14ClN3O2/c1-18-14(20)10-5-6-12(16)13(8-10)19-15(21)9-3-2-4-11(17)7-9/h2-8H,17H2,1H3,(H,18,20)(H,19,21). The third-order valence-electron chi connectivity index (χ3n) is 2.85. The number of hydrogen-bond acceptors (Lipinski definition) is 3. The Kier molecular flexibility index (Phi) is 4.45. The normalized spacial score (nSPS) is 10.0. The van der Waals surface area contributed by atoms with Crippen LogP contribution in [0.15, 0.2) is 42.5 Å². The van der Waals surface area contributed by atoms with Gasteiger partial charge >= 0.3 is 0 Å². The fourth-order valence-electron chi connectivity index (χ4n) is 1.78. The summed E-state index contributed by atoms with van der Waals surface area (Å²) in [6, 6.07) is 11.2. The van der Waals surface area contributed by atoms with Crippen molar-refractivity contribution in [2.45, 2.75) is 0 Å². The lowest BCUT2D eigenvalue weighted by atomic mass is 10.1. The van der Waals surface area contributed by atoms with Crippen molar-refractivity contribution in [2.75, 3.05) is 18.1 Å². The number of halogens is 1. The number of carbonyl (C=O) groups is 2. The number of carbonyl (C=O) groups excluding carboxylic acids is 2. The minimum Gasteiger partial charge on any atom is -0.399 e. The predicted molar refractivity (Wildman–Crippen MR) is 83.6 cm³/mol.